The Morgan fingerprint density at radius 2 is 1.89 bits per heavy atom. The van der Waals surface area contributed by atoms with Crippen molar-refractivity contribution in [1.29, 1.82) is 0 Å². The summed E-state index contributed by atoms with van der Waals surface area (Å²) >= 11 is 0. The number of amides is 1. The minimum Gasteiger partial charge on any atom is -0.474 e. The first-order chi connectivity index (χ1) is 8.33. The van der Waals surface area contributed by atoms with Gasteiger partial charge in [-0.25, -0.2) is 9.80 Å². The third kappa shape index (κ3) is 5.13. The van der Waals surface area contributed by atoms with Gasteiger partial charge in [0.2, 0.25) is 0 Å². The van der Waals surface area contributed by atoms with E-state index in [9.17, 15) is 14.4 Å². The lowest BCUT2D eigenvalue weighted by Gasteiger charge is -2.29. The minimum absolute atomic E-state index is 0.199. The molecule has 0 radical (unpaired) electrons. The van der Waals surface area contributed by atoms with E-state index >= 15 is 0 Å². The van der Waals surface area contributed by atoms with Crippen LogP contribution in [0, 0.1) is 5.92 Å². The first kappa shape index (κ1) is 16.4. The average molecular weight is 260 g/mol. The smallest absolute Gasteiger partial charge is 0.395 e. The molecule has 0 bridgehead atoms. The van der Waals surface area contributed by atoms with E-state index in [1.165, 1.54) is 12.1 Å². The summed E-state index contributed by atoms with van der Waals surface area (Å²) in [6.07, 6.45) is 0.459. The lowest BCUT2D eigenvalue weighted by molar-refractivity contribution is -0.157. The summed E-state index contributed by atoms with van der Waals surface area (Å²) in [5.74, 6) is -3.07. The number of carbonyl (C=O) groups excluding carboxylic acids is 2. The van der Waals surface area contributed by atoms with E-state index in [0.29, 0.717) is 13.0 Å². The van der Waals surface area contributed by atoms with Gasteiger partial charge < -0.3 is 9.84 Å². The molecule has 0 aromatic heterocycles. The molecule has 104 valence electrons. The van der Waals surface area contributed by atoms with Gasteiger partial charge in [-0.3, -0.25) is 15.0 Å². The predicted octanol–water partition coefficient (Wildman–Crippen LogP) is 0.0118. The number of methoxy groups -OCH3 is 1. The molecule has 7 heteroatoms. The van der Waals surface area contributed by atoms with Crippen LogP contribution in [0.3, 0.4) is 0 Å². The van der Waals surface area contributed by atoms with Crippen LogP contribution in [0.4, 0.5) is 0 Å². The van der Waals surface area contributed by atoms with Crippen molar-refractivity contribution in [3.8, 4) is 0 Å². The molecule has 0 unspecified atom stereocenters. The molecule has 0 saturated heterocycles. The van der Waals surface area contributed by atoms with Crippen LogP contribution in [0.1, 0.15) is 27.2 Å². The standard InChI is InChI=1S/C11H20N2O5/c1-5-13(12-9(14)10(15)16)8(6-7(2)3)11(17)18-4/h7-8H,5-6H2,1-4H3,(H,12,14)(H,15,16)/t8-/m0/s1. The number of carboxylic acid groups (broad SMARTS) is 1. The number of likely N-dealkylation sites (N-methyl/N-ethyl adjacent to an activating group) is 1. The van der Waals surface area contributed by atoms with E-state index in [1.807, 2.05) is 13.8 Å². The predicted molar refractivity (Wildman–Crippen MR) is 63.4 cm³/mol. The first-order valence-corrected chi connectivity index (χ1v) is 5.71. The number of aliphatic carboxylic acids is 1. The Labute approximate surface area is 106 Å². The van der Waals surface area contributed by atoms with E-state index < -0.39 is 23.9 Å². The summed E-state index contributed by atoms with van der Waals surface area (Å²) in [7, 11) is 1.25. The number of hydrogen-bond acceptors (Lipinski definition) is 5. The third-order valence-electron chi connectivity index (χ3n) is 2.32. The van der Waals surface area contributed by atoms with Crippen LogP contribution in [-0.2, 0) is 19.1 Å². The fraction of sp³-hybridized carbons (Fsp3) is 0.727. The zero-order valence-electron chi connectivity index (χ0n) is 11.1. The zero-order valence-corrected chi connectivity index (χ0v) is 11.1. The van der Waals surface area contributed by atoms with Gasteiger partial charge in [-0.15, -0.1) is 0 Å². The molecule has 1 amide bonds. The van der Waals surface area contributed by atoms with E-state index in [1.54, 1.807) is 6.92 Å². The second-order valence-electron chi connectivity index (χ2n) is 4.20. The number of carboxylic acids is 1. The Bertz CT molecular complexity index is 317. The van der Waals surface area contributed by atoms with Gasteiger partial charge in [-0.05, 0) is 12.3 Å². The number of hydrogen-bond donors (Lipinski definition) is 2. The van der Waals surface area contributed by atoms with Gasteiger partial charge in [0.1, 0.15) is 6.04 Å². The summed E-state index contributed by atoms with van der Waals surface area (Å²) in [6, 6.07) is -0.691. The fourth-order valence-electron chi connectivity index (χ4n) is 1.49. The molecule has 2 N–H and O–H groups in total. The maximum atomic E-state index is 11.6. The quantitative estimate of drug-likeness (QED) is 0.397. The lowest BCUT2D eigenvalue weighted by Crippen LogP contribution is -2.54. The third-order valence-corrected chi connectivity index (χ3v) is 2.32. The highest BCUT2D eigenvalue weighted by atomic mass is 16.5. The monoisotopic (exact) mass is 260 g/mol. The molecule has 0 fully saturated rings. The van der Waals surface area contributed by atoms with Crippen molar-refractivity contribution in [1.82, 2.24) is 10.4 Å². The van der Waals surface area contributed by atoms with Crippen LogP contribution in [0.5, 0.6) is 0 Å². The molecule has 0 saturated carbocycles. The van der Waals surface area contributed by atoms with Crippen molar-refractivity contribution in [2.24, 2.45) is 5.92 Å². The first-order valence-electron chi connectivity index (χ1n) is 5.71. The van der Waals surface area contributed by atoms with Gasteiger partial charge in [0.15, 0.2) is 0 Å². The van der Waals surface area contributed by atoms with Gasteiger partial charge in [0.05, 0.1) is 7.11 Å². The number of carbonyl (C=O) groups is 3. The summed E-state index contributed by atoms with van der Waals surface area (Å²) in [4.78, 5) is 33.2. The Hall–Kier alpha value is -1.63. The van der Waals surface area contributed by atoms with E-state index in [-0.39, 0.29) is 5.92 Å². The van der Waals surface area contributed by atoms with E-state index in [0.717, 1.165) is 0 Å². The second-order valence-corrected chi connectivity index (χ2v) is 4.20. The van der Waals surface area contributed by atoms with Crippen molar-refractivity contribution in [2.75, 3.05) is 13.7 Å². The molecule has 0 aromatic rings. The molecule has 0 aliphatic carbocycles. The number of esters is 1. The molecule has 0 heterocycles. The Morgan fingerprint density at radius 1 is 1.33 bits per heavy atom. The number of nitrogens with zero attached hydrogens (tertiary/aromatic N) is 1. The molecule has 0 rings (SSSR count). The summed E-state index contributed by atoms with van der Waals surface area (Å²) in [5.41, 5.74) is 2.18. The average Bonchev–Trinajstić information content (AvgIpc) is 2.31. The lowest BCUT2D eigenvalue weighted by atomic mass is 10.0. The summed E-state index contributed by atoms with van der Waals surface area (Å²) < 4.78 is 4.66. The highest BCUT2D eigenvalue weighted by Gasteiger charge is 2.29. The van der Waals surface area contributed by atoms with Gasteiger partial charge in [0, 0.05) is 6.54 Å². The number of nitrogens with one attached hydrogen (secondary N) is 1. The molecule has 18 heavy (non-hydrogen) atoms. The molecule has 0 aliphatic rings. The Kier molecular flexibility index (Phi) is 6.96. The van der Waals surface area contributed by atoms with E-state index in [4.69, 9.17) is 5.11 Å². The van der Waals surface area contributed by atoms with Crippen molar-refractivity contribution in [3.05, 3.63) is 0 Å². The van der Waals surface area contributed by atoms with Crippen LogP contribution >= 0.6 is 0 Å². The Morgan fingerprint density at radius 3 is 2.22 bits per heavy atom. The highest BCUT2D eigenvalue weighted by Crippen LogP contribution is 2.11. The molecular formula is C11H20N2O5. The molecule has 7 nitrogen and oxygen atoms in total. The second kappa shape index (κ2) is 7.65. The van der Waals surface area contributed by atoms with Crippen molar-refractivity contribution < 1.29 is 24.2 Å². The minimum atomic E-state index is -1.60. The molecular weight excluding hydrogens is 240 g/mol. The van der Waals surface area contributed by atoms with Crippen LogP contribution in [0.2, 0.25) is 0 Å². The van der Waals surface area contributed by atoms with Crippen molar-refractivity contribution >= 4 is 17.8 Å². The largest absolute Gasteiger partial charge is 0.474 e. The van der Waals surface area contributed by atoms with Gasteiger partial charge in [-0.1, -0.05) is 20.8 Å². The summed E-state index contributed by atoms with van der Waals surface area (Å²) in [5, 5.41) is 9.81. The molecule has 0 aromatic carbocycles. The van der Waals surface area contributed by atoms with Crippen LogP contribution in [0.25, 0.3) is 0 Å². The van der Waals surface area contributed by atoms with Crippen molar-refractivity contribution in [3.63, 3.8) is 0 Å². The SMILES string of the molecule is CCN(NC(=O)C(=O)O)[C@@H](CC(C)C)C(=O)OC. The van der Waals surface area contributed by atoms with Crippen molar-refractivity contribution in [2.45, 2.75) is 33.2 Å². The van der Waals surface area contributed by atoms with E-state index in [2.05, 4.69) is 10.2 Å². The zero-order chi connectivity index (χ0) is 14.3. The van der Waals surface area contributed by atoms with Gasteiger partial charge >= 0.3 is 17.8 Å². The number of rotatable bonds is 6. The molecule has 0 aliphatic heterocycles. The number of hydrazine groups is 1. The fourth-order valence-corrected chi connectivity index (χ4v) is 1.49. The maximum absolute atomic E-state index is 11.6. The molecule has 1 atom stereocenters. The highest BCUT2D eigenvalue weighted by molar-refractivity contribution is 6.31. The normalized spacial score (nSPS) is 12.3. The Balaban J connectivity index is 4.85. The van der Waals surface area contributed by atoms with Gasteiger partial charge in [0.25, 0.3) is 0 Å². The van der Waals surface area contributed by atoms with Crippen LogP contribution < -0.4 is 5.43 Å². The van der Waals surface area contributed by atoms with Gasteiger partial charge in [-0.2, -0.15) is 0 Å². The topological polar surface area (TPSA) is 95.9 Å². The number of ether oxygens (including phenoxy) is 1. The molecule has 0 spiro atoms. The van der Waals surface area contributed by atoms with Crippen LogP contribution in [-0.4, -0.2) is 47.7 Å². The maximum Gasteiger partial charge on any atom is 0.395 e. The van der Waals surface area contributed by atoms with Crippen LogP contribution in [0.15, 0.2) is 0 Å². The summed E-state index contributed by atoms with van der Waals surface area (Å²) in [6.45, 7) is 5.84.